The number of thiazole rings is 1. The molecule has 1 atom stereocenters. The number of aromatic nitrogens is 5. The maximum atomic E-state index is 4.62. The zero-order chi connectivity index (χ0) is 15.5. The third-order valence-electron chi connectivity index (χ3n) is 4.22. The molecule has 0 unspecified atom stereocenters. The number of piperidine rings is 1. The summed E-state index contributed by atoms with van der Waals surface area (Å²) in [4.78, 5) is 19.9. The summed E-state index contributed by atoms with van der Waals surface area (Å²) in [6.07, 6.45) is 11.5. The highest BCUT2D eigenvalue weighted by molar-refractivity contribution is 7.07. The zero-order valence-electron chi connectivity index (χ0n) is 12.7. The van der Waals surface area contributed by atoms with Gasteiger partial charge in [0.2, 0.25) is 0 Å². The average molecular weight is 326 g/mol. The molecule has 0 aliphatic carbocycles. The molecule has 0 N–H and O–H groups in total. The van der Waals surface area contributed by atoms with E-state index in [0.29, 0.717) is 5.92 Å². The third kappa shape index (κ3) is 3.10. The van der Waals surface area contributed by atoms with Gasteiger partial charge in [0.25, 0.3) is 0 Å². The molecule has 1 aliphatic rings. The van der Waals surface area contributed by atoms with Crippen molar-refractivity contribution in [3.05, 3.63) is 53.4 Å². The van der Waals surface area contributed by atoms with Crippen molar-refractivity contribution in [3.63, 3.8) is 0 Å². The van der Waals surface area contributed by atoms with Crippen LogP contribution in [0.5, 0.6) is 0 Å². The fourth-order valence-corrected chi connectivity index (χ4v) is 3.70. The molecule has 3 aromatic rings. The molecule has 4 heterocycles. The Bertz CT molecular complexity index is 739. The second-order valence-corrected chi connectivity index (χ2v) is 6.46. The van der Waals surface area contributed by atoms with Gasteiger partial charge in [-0.05, 0) is 12.8 Å². The van der Waals surface area contributed by atoms with Gasteiger partial charge in [-0.2, -0.15) is 0 Å². The van der Waals surface area contributed by atoms with E-state index in [1.807, 2.05) is 17.9 Å². The standard InChI is InChI=1S/C16H18N6S/c1-2-13(9-21(6-1)15-8-17-3-4-18-15)16-19-5-7-22(16)10-14-11-23-12-20-14/h3-5,7-8,11-13H,1-2,6,9-10H2/t13-/m0/s1. The minimum Gasteiger partial charge on any atom is -0.355 e. The molecule has 3 aromatic heterocycles. The largest absolute Gasteiger partial charge is 0.355 e. The summed E-state index contributed by atoms with van der Waals surface area (Å²) in [5, 5.41) is 2.09. The first-order valence-electron chi connectivity index (χ1n) is 7.79. The Morgan fingerprint density at radius 2 is 2.17 bits per heavy atom. The van der Waals surface area contributed by atoms with E-state index in [4.69, 9.17) is 0 Å². The van der Waals surface area contributed by atoms with Crippen LogP contribution < -0.4 is 4.90 Å². The summed E-state index contributed by atoms with van der Waals surface area (Å²) < 4.78 is 2.22. The molecular formula is C16H18N6S. The Balaban J connectivity index is 1.53. The number of anilines is 1. The molecule has 0 saturated carbocycles. The molecule has 1 saturated heterocycles. The Morgan fingerprint density at radius 1 is 1.17 bits per heavy atom. The molecule has 0 aromatic carbocycles. The van der Waals surface area contributed by atoms with Crippen molar-refractivity contribution >= 4 is 17.2 Å². The summed E-state index contributed by atoms with van der Waals surface area (Å²) in [5.41, 5.74) is 2.97. The van der Waals surface area contributed by atoms with Crippen molar-refractivity contribution in [2.45, 2.75) is 25.3 Å². The number of hydrogen-bond donors (Lipinski definition) is 0. The minimum absolute atomic E-state index is 0.416. The van der Waals surface area contributed by atoms with Gasteiger partial charge in [0.05, 0.1) is 23.9 Å². The number of nitrogens with zero attached hydrogens (tertiary/aromatic N) is 6. The smallest absolute Gasteiger partial charge is 0.147 e. The lowest BCUT2D eigenvalue weighted by atomic mass is 9.97. The van der Waals surface area contributed by atoms with E-state index in [2.05, 4.69) is 41.0 Å². The second-order valence-electron chi connectivity index (χ2n) is 5.74. The molecule has 1 fully saturated rings. The lowest BCUT2D eigenvalue weighted by Crippen LogP contribution is -2.36. The predicted octanol–water partition coefficient (Wildman–Crippen LogP) is 2.56. The molecule has 0 amide bonds. The molecule has 0 spiro atoms. The summed E-state index contributed by atoms with van der Waals surface area (Å²) in [6, 6.07) is 0. The van der Waals surface area contributed by atoms with Crippen molar-refractivity contribution in [3.8, 4) is 0 Å². The third-order valence-corrected chi connectivity index (χ3v) is 4.86. The van der Waals surface area contributed by atoms with Gasteiger partial charge in [-0.25, -0.2) is 15.0 Å². The van der Waals surface area contributed by atoms with Gasteiger partial charge < -0.3 is 9.47 Å². The predicted molar refractivity (Wildman–Crippen MR) is 89.7 cm³/mol. The first kappa shape index (κ1) is 14.3. The zero-order valence-corrected chi connectivity index (χ0v) is 13.6. The Kier molecular flexibility index (Phi) is 4.02. The normalized spacial score (nSPS) is 18.3. The first-order valence-corrected chi connectivity index (χ1v) is 8.73. The van der Waals surface area contributed by atoms with Gasteiger partial charge in [-0.1, -0.05) is 0 Å². The van der Waals surface area contributed by atoms with Gasteiger partial charge in [-0.15, -0.1) is 11.3 Å². The maximum Gasteiger partial charge on any atom is 0.147 e. The highest BCUT2D eigenvalue weighted by Gasteiger charge is 2.25. The number of hydrogen-bond acceptors (Lipinski definition) is 6. The summed E-state index contributed by atoms with van der Waals surface area (Å²) >= 11 is 1.63. The second kappa shape index (κ2) is 6.45. The lowest BCUT2D eigenvalue weighted by Gasteiger charge is -2.33. The molecule has 23 heavy (non-hydrogen) atoms. The van der Waals surface area contributed by atoms with Crippen LogP contribution in [0.4, 0.5) is 5.82 Å². The Labute approximate surface area is 138 Å². The van der Waals surface area contributed by atoms with Crippen LogP contribution in [0.1, 0.15) is 30.3 Å². The highest BCUT2D eigenvalue weighted by Crippen LogP contribution is 2.28. The molecule has 4 rings (SSSR count). The number of imidazole rings is 1. The van der Waals surface area contributed by atoms with Crippen molar-refractivity contribution < 1.29 is 0 Å². The Morgan fingerprint density at radius 3 is 3.00 bits per heavy atom. The van der Waals surface area contributed by atoms with Crippen molar-refractivity contribution in [2.75, 3.05) is 18.0 Å². The summed E-state index contributed by atoms with van der Waals surface area (Å²) in [5.74, 6) is 2.51. The van der Waals surface area contributed by atoms with Gasteiger partial charge >= 0.3 is 0 Å². The van der Waals surface area contributed by atoms with E-state index < -0.39 is 0 Å². The number of rotatable bonds is 4. The van der Waals surface area contributed by atoms with Crippen molar-refractivity contribution in [1.29, 1.82) is 0 Å². The Hall–Kier alpha value is -2.28. The van der Waals surface area contributed by atoms with Crippen LogP contribution in [0.2, 0.25) is 0 Å². The summed E-state index contributed by atoms with van der Waals surface area (Å²) in [6.45, 7) is 2.76. The lowest BCUT2D eigenvalue weighted by molar-refractivity contribution is 0.473. The highest BCUT2D eigenvalue weighted by atomic mass is 32.1. The van der Waals surface area contributed by atoms with Crippen LogP contribution in [0.25, 0.3) is 0 Å². The average Bonchev–Trinajstić information content (AvgIpc) is 3.28. The van der Waals surface area contributed by atoms with Crippen LogP contribution in [0, 0.1) is 0 Å². The molecule has 0 bridgehead atoms. The maximum absolute atomic E-state index is 4.62. The van der Waals surface area contributed by atoms with E-state index in [-0.39, 0.29) is 0 Å². The van der Waals surface area contributed by atoms with Gasteiger partial charge in [-0.3, -0.25) is 4.98 Å². The van der Waals surface area contributed by atoms with E-state index in [1.54, 1.807) is 23.7 Å². The first-order chi connectivity index (χ1) is 11.4. The minimum atomic E-state index is 0.416. The van der Waals surface area contributed by atoms with Crippen LogP contribution in [0.3, 0.4) is 0 Å². The van der Waals surface area contributed by atoms with Crippen molar-refractivity contribution in [1.82, 2.24) is 24.5 Å². The van der Waals surface area contributed by atoms with Crippen LogP contribution >= 0.6 is 11.3 Å². The fourth-order valence-electron chi connectivity index (χ4n) is 3.15. The topological polar surface area (TPSA) is 59.7 Å². The van der Waals surface area contributed by atoms with E-state index in [1.165, 1.54) is 0 Å². The van der Waals surface area contributed by atoms with Gasteiger partial charge in [0, 0.05) is 49.2 Å². The van der Waals surface area contributed by atoms with E-state index >= 15 is 0 Å². The molecule has 7 heteroatoms. The fraction of sp³-hybridized carbons (Fsp3) is 0.375. The molecule has 118 valence electrons. The van der Waals surface area contributed by atoms with Gasteiger partial charge in [0.1, 0.15) is 11.6 Å². The van der Waals surface area contributed by atoms with Gasteiger partial charge in [0.15, 0.2) is 0 Å². The monoisotopic (exact) mass is 326 g/mol. The molecule has 6 nitrogen and oxygen atoms in total. The molecule has 1 aliphatic heterocycles. The van der Waals surface area contributed by atoms with Crippen LogP contribution in [0.15, 0.2) is 41.9 Å². The quantitative estimate of drug-likeness (QED) is 0.737. The van der Waals surface area contributed by atoms with Crippen LogP contribution in [-0.4, -0.2) is 37.6 Å². The van der Waals surface area contributed by atoms with E-state index in [0.717, 1.165) is 49.8 Å². The SMILES string of the molecule is c1cnc(N2CCC[C@H](c3nccn3Cc3cscn3)C2)cn1. The molecule has 0 radical (unpaired) electrons. The summed E-state index contributed by atoms with van der Waals surface area (Å²) in [7, 11) is 0. The molecular weight excluding hydrogens is 308 g/mol. The van der Waals surface area contributed by atoms with Crippen LogP contribution in [-0.2, 0) is 6.54 Å². The van der Waals surface area contributed by atoms with Crippen molar-refractivity contribution in [2.24, 2.45) is 0 Å². The van der Waals surface area contributed by atoms with E-state index in [9.17, 15) is 0 Å².